The summed E-state index contributed by atoms with van der Waals surface area (Å²) >= 11 is 0. The van der Waals surface area contributed by atoms with Crippen molar-refractivity contribution >= 4 is 17.5 Å². The fraction of sp³-hybridized carbons (Fsp3) is 0.364. The van der Waals surface area contributed by atoms with Crippen molar-refractivity contribution in [1.82, 2.24) is 4.90 Å². The first kappa shape index (κ1) is 18.6. The number of nitrogens with zero attached hydrogens (tertiary/aromatic N) is 2. The molecule has 0 aliphatic carbocycles. The summed E-state index contributed by atoms with van der Waals surface area (Å²) in [6.07, 6.45) is 1.29. The van der Waals surface area contributed by atoms with Crippen LogP contribution in [0, 0.1) is 12.7 Å². The molecule has 146 valence electrons. The van der Waals surface area contributed by atoms with Gasteiger partial charge in [0, 0.05) is 24.3 Å². The van der Waals surface area contributed by atoms with E-state index < -0.39 is 5.60 Å². The largest absolute Gasteiger partial charge is 0.363 e. The van der Waals surface area contributed by atoms with E-state index in [1.165, 1.54) is 12.1 Å². The van der Waals surface area contributed by atoms with Crippen LogP contribution < -0.4 is 4.90 Å². The predicted molar refractivity (Wildman–Crippen MR) is 104 cm³/mol. The normalized spacial score (nSPS) is 19.1. The van der Waals surface area contributed by atoms with Crippen LogP contribution in [0.25, 0.3) is 0 Å². The monoisotopic (exact) mass is 382 g/mol. The first-order valence-electron chi connectivity index (χ1n) is 9.52. The SMILES string of the molecule is Cc1ccc(C(=O)N2CCC3(CC2)CN(c2cccc(F)c2)C(=O)CO3)cc1. The lowest BCUT2D eigenvalue weighted by atomic mass is 9.88. The van der Waals surface area contributed by atoms with Gasteiger partial charge in [-0.25, -0.2) is 4.39 Å². The molecule has 4 rings (SSSR count). The number of likely N-dealkylation sites (tertiary alicyclic amines) is 1. The Morgan fingerprint density at radius 1 is 1.11 bits per heavy atom. The molecule has 2 fully saturated rings. The van der Waals surface area contributed by atoms with Gasteiger partial charge in [-0.1, -0.05) is 23.8 Å². The topological polar surface area (TPSA) is 49.9 Å². The second kappa shape index (κ2) is 7.36. The molecule has 0 radical (unpaired) electrons. The number of halogens is 1. The predicted octanol–water partition coefficient (Wildman–Crippen LogP) is 3.17. The fourth-order valence-electron chi connectivity index (χ4n) is 3.89. The Morgan fingerprint density at radius 2 is 1.82 bits per heavy atom. The Hall–Kier alpha value is -2.73. The van der Waals surface area contributed by atoms with E-state index in [4.69, 9.17) is 4.74 Å². The van der Waals surface area contributed by atoms with E-state index in [9.17, 15) is 14.0 Å². The van der Waals surface area contributed by atoms with E-state index in [2.05, 4.69) is 0 Å². The molecule has 0 atom stereocenters. The van der Waals surface area contributed by atoms with Gasteiger partial charge in [-0.05, 0) is 50.1 Å². The van der Waals surface area contributed by atoms with Crippen LogP contribution in [0.4, 0.5) is 10.1 Å². The third-order valence-electron chi connectivity index (χ3n) is 5.63. The number of hydrogen-bond donors (Lipinski definition) is 0. The van der Waals surface area contributed by atoms with Crippen LogP contribution in [0.1, 0.15) is 28.8 Å². The number of hydrogen-bond acceptors (Lipinski definition) is 3. The average Bonchev–Trinajstić information content (AvgIpc) is 2.71. The summed E-state index contributed by atoms with van der Waals surface area (Å²) in [6.45, 7) is 3.48. The van der Waals surface area contributed by atoms with Crippen LogP contribution in [-0.4, -0.2) is 48.6 Å². The van der Waals surface area contributed by atoms with Crippen molar-refractivity contribution in [2.24, 2.45) is 0 Å². The number of carbonyl (C=O) groups excluding carboxylic acids is 2. The maximum absolute atomic E-state index is 13.6. The Kier molecular flexibility index (Phi) is 4.89. The lowest BCUT2D eigenvalue weighted by Crippen LogP contribution is -2.59. The van der Waals surface area contributed by atoms with Gasteiger partial charge in [-0.3, -0.25) is 9.59 Å². The van der Waals surface area contributed by atoms with Gasteiger partial charge in [-0.2, -0.15) is 0 Å². The molecule has 2 aromatic rings. The van der Waals surface area contributed by atoms with Crippen molar-refractivity contribution in [3.05, 3.63) is 65.5 Å². The van der Waals surface area contributed by atoms with E-state index in [1.54, 1.807) is 17.0 Å². The van der Waals surface area contributed by atoms with Crippen molar-refractivity contribution < 1.29 is 18.7 Å². The summed E-state index contributed by atoms with van der Waals surface area (Å²) in [4.78, 5) is 28.5. The molecule has 5 nitrogen and oxygen atoms in total. The number of amides is 2. The molecule has 1 spiro atoms. The standard InChI is InChI=1S/C22H23FN2O3/c1-16-5-7-17(8-6-16)21(27)24-11-9-22(10-12-24)15-25(20(26)14-28-22)19-4-2-3-18(23)13-19/h2-8,13H,9-12,14-15H2,1H3. The molecule has 2 aliphatic heterocycles. The summed E-state index contributed by atoms with van der Waals surface area (Å²) in [5.41, 5.74) is 1.85. The van der Waals surface area contributed by atoms with Gasteiger partial charge in [-0.15, -0.1) is 0 Å². The molecule has 2 aliphatic rings. The summed E-state index contributed by atoms with van der Waals surface area (Å²) in [6, 6.07) is 13.6. The molecule has 0 unspecified atom stereocenters. The summed E-state index contributed by atoms with van der Waals surface area (Å²) in [5.74, 6) is -0.525. The van der Waals surface area contributed by atoms with Crippen LogP contribution in [0.5, 0.6) is 0 Å². The number of aryl methyl sites for hydroxylation is 1. The lowest BCUT2D eigenvalue weighted by molar-refractivity contribution is -0.143. The minimum absolute atomic E-state index is 0.0173. The van der Waals surface area contributed by atoms with Gasteiger partial charge < -0.3 is 14.5 Å². The molecule has 6 heteroatoms. The number of anilines is 1. The first-order valence-corrected chi connectivity index (χ1v) is 9.52. The second-order valence-corrected chi connectivity index (χ2v) is 7.59. The number of rotatable bonds is 2. The van der Waals surface area contributed by atoms with Gasteiger partial charge in [0.05, 0.1) is 12.1 Å². The van der Waals surface area contributed by atoms with Crippen molar-refractivity contribution in [1.29, 1.82) is 0 Å². The Bertz CT molecular complexity index is 889. The zero-order valence-corrected chi connectivity index (χ0v) is 15.9. The quantitative estimate of drug-likeness (QED) is 0.802. The van der Waals surface area contributed by atoms with Crippen LogP contribution >= 0.6 is 0 Å². The third-order valence-corrected chi connectivity index (χ3v) is 5.63. The molecule has 0 saturated carbocycles. The molecule has 2 heterocycles. The molecule has 0 aromatic heterocycles. The van der Waals surface area contributed by atoms with Gasteiger partial charge in [0.15, 0.2) is 0 Å². The molecule has 2 saturated heterocycles. The highest BCUT2D eigenvalue weighted by molar-refractivity contribution is 5.95. The first-order chi connectivity index (χ1) is 13.5. The van der Waals surface area contributed by atoms with E-state index in [0.29, 0.717) is 43.7 Å². The molecule has 28 heavy (non-hydrogen) atoms. The summed E-state index contributed by atoms with van der Waals surface area (Å²) < 4.78 is 19.5. The molecule has 2 aromatic carbocycles. The van der Waals surface area contributed by atoms with E-state index in [-0.39, 0.29) is 24.2 Å². The van der Waals surface area contributed by atoms with Gasteiger partial charge in [0.25, 0.3) is 11.8 Å². The Morgan fingerprint density at radius 3 is 2.50 bits per heavy atom. The van der Waals surface area contributed by atoms with E-state index in [1.807, 2.05) is 36.1 Å². The smallest absolute Gasteiger partial charge is 0.253 e. The number of carbonyl (C=O) groups is 2. The van der Waals surface area contributed by atoms with Crippen molar-refractivity contribution in [3.63, 3.8) is 0 Å². The minimum atomic E-state index is -0.496. The number of benzene rings is 2. The summed E-state index contributed by atoms with van der Waals surface area (Å²) in [5, 5.41) is 0. The van der Waals surface area contributed by atoms with Crippen molar-refractivity contribution in [2.75, 3.05) is 31.1 Å². The van der Waals surface area contributed by atoms with Crippen molar-refractivity contribution in [3.8, 4) is 0 Å². The maximum Gasteiger partial charge on any atom is 0.253 e. The average molecular weight is 382 g/mol. The molecule has 2 amide bonds. The van der Waals surface area contributed by atoms with Crippen LogP contribution in [0.15, 0.2) is 48.5 Å². The highest BCUT2D eigenvalue weighted by Crippen LogP contribution is 2.33. The van der Waals surface area contributed by atoms with Gasteiger partial charge >= 0.3 is 0 Å². The maximum atomic E-state index is 13.6. The van der Waals surface area contributed by atoms with Crippen LogP contribution in [-0.2, 0) is 9.53 Å². The molecular formula is C22H23FN2O3. The zero-order chi connectivity index (χ0) is 19.7. The number of piperidine rings is 1. The van der Waals surface area contributed by atoms with Crippen LogP contribution in [0.2, 0.25) is 0 Å². The third kappa shape index (κ3) is 3.64. The fourth-order valence-corrected chi connectivity index (χ4v) is 3.89. The molecular weight excluding hydrogens is 359 g/mol. The number of ether oxygens (including phenoxy) is 1. The number of morpholine rings is 1. The minimum Gasteiger partial charge on any atom is -0.363 e. The van der Waals surface area contributed by atoms with Crippen LogP contribution in [0.3, 0.4) is 0 Å². The lowest BCUT2D eigenvalue weighted by Gasteiger charge is -2.47. The van der Waals surface area contributed by atoms with E-state index >= 15 is 0 Å². The Balaban J connectivity index is 1.45. The zero-order valence-electron chi connectivity index (χ0n) is 15.9. The van der Waals surface area contributed by atoms with Gasteiger partial charge in [0.2, 0.25) is 0 Å². The highest BCUT2D eigenvalue weighted by Gasteiger charge is 2.43. The van der Waals surface area contributed by atoms with Crippen molar-refractivity contribution in [2.45, 2.75) is 25.4 Å². The van der Waals surface area contributed by atoms with E-state index in [0.717, 1.165) is 5.56 Å². The Labute approximate surface area is 163 Å². The molecule has 0 N–H and O–H groups in total. The highest BCUT2D eigenvalue weighted by atomic mass is 19.1. The second-order valence-electron chi connectivity index (χ2n) is 7.59. The van der Waals surface area contributed by atoms with Gasteiger partial charge in [0.1, 0.15) is 12.4 Å². The summed E-state index contributed by atoms with van der Waals surface area (Å²) in [7, 11) is 0. The molecule has 0 bridgehead atoms.